The monoisotopic (exact) mass is 255 g/mol. The molecule has 5 heteroatoms. The van der Waals surface area contributed by atoms with Gasteiger partial charge in [-0.1, -0.05) is 0 Å². The van der Waals surface area contributed by atoms with Gasteiger partial charge in [0.2, 0.25) is 11.8 Å². The summed E-state index contributed by atoms with van der Waals surface area (Å²) < 4.78 is 0. The molecule has 0 radical (unpaired) electrons. The third-order valence-corrected chi connectivity index (χ3v) is 3.87. The lowest BCUT2D eigenvalue weighted by Crippen LogP contribution is -2.50. The SMILES string of the molecule is CCN(CC)C(=O)CN1CC(C(N)=O)CCC1C. The van der Waals surface area contributed by atoms with Gasteiger partial charge < -0.3 is 10.6 Å². The summed E-state index contributed by atoms with van der Waals surface area (Å²) in [6, 6.07) is 0.347. The van der Waals surface area contributed by atoms with Crippen molar-refractivity contribution in [2.24, 2.45) is 11.7 Å². The Morgan fingerprint density at radius 2 is 1.89 bits per heavy atom. The molecule has 0 aromatic carbocycles. The zero-order valence-corrected chi connectivity index (χ0v) is 11.7. The Balaban J connectivity index is 2.58. The third-order valence-electron chi connectivity index (χ3n) is 3.87. The second-order valence-corrected chi connectivity index (χ2v) is 5.02. The number of nitrogens with two attached hydrogens (primary N) is 1. The average Bonchev–Trinajstić information content (AvgIpc) is 2.33. The summed E-state index contributed by atoms with van der Waals surface area (Å²) >= 11 is 0. The fraction of sp³-hybridized carbons (Fsp3) is 0.846. The van der Waals surface area contributed by atoms with Crippen LogP contribution in [0.25, 0.3) is 0 Å². The zero-order valence-electron chi connectivity index (χ0n) is 11.7. The van der Waals surface area contributed by atoms with Crippen LogP contribution in [0.2, 0.25) is 0 Å². The molecule has 1 saturated heterocycles. The predicted molar refractivity (Wildman–Crippen MR) is 70.9 cm³/mol. The van der Waals surface area contributed by atoms with E-state index in [-0.39, 0.29) is 17.7 Å². The Morgan fingerprint density at radius 1 is 1.28 bits per heavy atom. The molecule has 104 valence electrons. The molecular weight excluding hydrogens is 230 g/mol. The van der Waals surface area contributed by atoms with E-state index < -0.39 is 0 Å². The van der Waals surface area contributed by atoms with E-state index in [9.17, 15) is 9.59 Å². The van der Waals surface area contributed by atoms with Gasteiger partial charge in [-0.05, 0) is 33.6 Å². The molecule has 0 aliphatic carbocycles. The fourth-order valence-electron chi connectivity index (χ4n) is 2.48. The molecule has 0 spiro atoms. The molecule has 2 amide bonds. The highest BCUT2D eigenvalue weighted by Gasteiger charge is 2.30. The first-order chi connectivity index (χ1) is 8.49. The van der Waals surface area contributed by atoms with Crippen LogP contribution >= 0.6 is 0 Å². The van der Waals surface area contributed by atoms with Crippen molar-refractivity contribution in [3.8, 4) is 0 Å². The van der Waals surface area contributed by atoms with Crippen LogP contribution in [0.3, 0.4) is 0 Å². The van der Waals surface area contributed by atoms with Crippen molar-refractivity contribution in [2.45, 2.75) is 39.7 Å². The summed E-state index contributed by atoms with van der Waals surface area (Å²) in [5.74, 6) is -0.218. The van der Waals surface area contributed by atoms with Crippen LogP contribution in [-0.2, 0) is 9.59 Å². The van der Waals surface area contributed by atoms with Gasteiger partial charge in [0.25, 0.3) is 0 Å². The molecule has 2 atom stereocenters. The molecule has 18 heavy (non-hydrogen) atoms. The van der Waals surface area contributed by atoms with Crippen molar-refractivity contribution >= 4 is 11.8 Å². The summed E-state index contributed by atoms with van der Waals surface area (Å²) in [6.07, 6.45) is 1.77. The van der Waals surface area contributed by atoms with E-state index in [1.807, 2.05) is 18.7 Å². The lowest BCUT2D eigenvalue weighted by Gasteiger charge is -2.37. The summed E-state index contributed by atoms with van der Waals surface area (Å²) in [7, 11) is 0. The van der Waals surface area contributed by atoms with Crippen LogP contribution in [0.15, 0.2) is 0 Å². The number of carbonyl (C=O) groups excluding carboxylic acids is 2. The summed E-state index contributed by atoms with van der Waals surface area (Å²) in [6.45, 7) is 8.54. The second-order valence-electron chi connectivity index (χ2n) is 5.02. The first kappa shape index (κ1) is 15.0. The predicted octanol–water partition coefficient (Wildman–Crippen LogP) is 0.441. The van der Waals surface area contributed by atoms with E-state index in [0.717, 1.165) is 25.9 Å². The molecule has 0 aromatic rings. The second kappa shape index (κ2) is 6.73. The molecule has 0 aromatic heterocycles. The Bertz CT molecular complexity index is 303. The van der Waals surface area contributed by atoms with E-state index >= 15 is 0 Å². The van der Waals surface area contributed by atoms with Crippen LogP contribution in [0.1, 0.15) is 33.6 Å². The molecule has 0 bridgehead atoms. The van der Waals surface area contributed by atoms with E-state index in [1.54, 1.807) is 0 Å². The van der Waals surface area contributed by atoms with E-state index in [4.69, 9.17) is 5.73 Å². The minimum Gasteiger partial charge on any atom is -0.369 e. The van der Waals surface area contributed by atoms with Gasteiger partial charge in [0.05, 0.1) is 12.5 Å². The van der Waals surface area contributed by atoms with E-state index in [2.05, 4.69) is 11.8 Å². The van der Waals surface area contributed by atoms with Gasteiger partial charge in [-0.3, -0.25) is 14.5 Å². The maximum absolute atomic E-state index is 12.1. The Labute approximate surface area is 109 Å². The number of rotatable bonds is 5. The van der Waals surface area contributed by atoms with Crippen molar-refractivity contribution < 1.29 is 9.59 Å². The van der Waals surface area contributed by atoms with Gasteiger partial charge >= 0.3 is 0 Å². The minimum atomic E-state index is -0.248. The largest absolute Gasteiger partial charge is 0.369 e. The highest BCUT2D eigenvalue weighted by Crippen LogP contribution is 2.21. The number of amides is 2. The normalized spacial score (nSPS) is 24.8. The van der Waals surface area contributed by atoms with E-state index in [1.165, 1.54) is 0 Å². The summed E-state index contributed by atoms with van der Waals surface area (Å²) in [5.41, 5.74) is 5.36. The number of piperidine rings is 1. The molecule has 1 aliphatic rings. The van der Waals surface area contributed by atoms with Crippen LogP contribution in [0.4, 0.5) is 0 Å². The lowest BCUT2D eigenvalue weighted by molar-refractivity contribution is -0.134. The molecule has 1 heterocycles. The van der Waals surface area contributed by atoms with Crippen molar-refractivity contribution in [3.63, 3.8) is 0 Å². The molecule has 1 rings (SSSR count). The quantitative estimate of drug-likeness (QED) is 0.775. The number of carbonyl (C=O) groups is 2. The topological polar surface area (TPSA) is 66.6 Å². The molecular formula is C13H25N3O2. The summed E-state index contributed by atoms with van der Waals surface area (Å²) in [5, 5.41) is 0. The molecule has 1 aliphatic heterocycles. The van der Waals surface area contributed by atoms with Crippen LogP contribution in [0, 0.1) is 5.92 Å². The number of likely N-dealkylation sites (N-methyl/N-ethyl adjacent to an activating group) is 1. The van der Waals surface area contributed by atoms with E-state index in [0.29, 0.717) is 19.1 Å². The highest BCUT2D eigenvalue weighted by molar-refractivity contribution is 5.79. The van der Waals surface area contributed by atoms with Crippen molar-refractivity contribution in [3.05, 3.63) is 0 Å². The highest BCUT2D eigenvalue weighted by atomic mass is 16.2. The Morgan fingerprint density at radius 3 is 2.39 bits per heavy atom. The van der Waals surface area contributed by atoms with Gasteiger partial charge in [-0.15, -0.1) is 0 Å². The Kier molecular flexibility index (Phi) is 5.59. The Hall–Kier alpha value is -1.10. The van der Waals surface area contributed by atoms with Gasteiger partial charge in [-0.2, -0.15) is 0 Å². The van der Waals surface area contributed by atoms with Crippen molar-refractivity contribution in [1.82, 2.24) is 9.80 Å². The molecule has 2 unspecified atom stereocenters. The molecule has 1 fully saturated rings. The average molecular weight is 255 g/mol. The number of hydrogen-bond donors (Lipinski definition) is 1. The fourth-order valence-corrected chi connectivity index (χ4v) is 2.48. The maximum atomic E-state index is 12.1. The van der Waals surface area contributed by atoms with Gasteiger partial charge in [0, 0.05) is 25.7 Å². The maximum Gasteiger partial charge on any atom is 0.236 e. The third kappa shape index (κ3) is 3.70. The van der Waals surface area contributed by atoms with Crippen LogP contribution < -0.4 is 5.73 Å². The van der Waals surface area contributed by atoms with Crippen LogP contribution in [-0.4, -0.2) is 53.8 Å². The zero-order chi connectivity index (χ0) is 13.7. The smallest absolute Gasteiger partial charge is 0.236 e. The van der Waals surface area contributed by atoms with Crippen LogP contribution in [0.5, 0.6) is 0 Å². The standard InChI is InChI=1S/C13H25N3O2/c1-4-15(5-2)12(17)9-16-8-11(13(14)18)7-6-10(16)3/h10-11H,4-9H2,1-3H3,(H2,14,18). The van der Waals surface area contributed by atoms with Crippen molar-refractivity contribution in [1.29, 1.82) is 0 Å². The van der Waals surface area contributed by atoms with Gasteiger partial charge in [0.1, 0.15) is 0 Å². The summed E-state index contributed by atoms with van der Waals surface area (Å²) in [4.78, 5) is 27.2. The number of likely N-dealkylation sites (tertiary alicyclic amines) is 1. The minimum absolute atomic E-state index is 0.106. The number of nitrogens with zero attached hydrogens (tertiary/aromatic N) is 2. The molecule has 2 N–H and O–H groups in total. The van der Waals surface area contributed by atoms with Gasteiger partial charge in [0.15, 0.2) is 0 Å². The van der Waals surface area contributed by atoms with Gasteiger partial charge in [-0.25, -0.2) is 0 Å². The molecule has 5 nitrogen and oxygen atoms in total. The molecule has 0 saturated carbocycles. The number of primary amides is 1. The lowest BCUT2D eigenvalue weighted by atomic mass is 9.93. The first-order valence-corrected chi connectivity index (χ1v) is 6.80. The number of hydrogen-bond acceptors (Lipinski definition) is 3. The van der Waals surface area contributed by atoms with Crippen molar-refractivity contribution in [2.75, 3.05) is 26.2 Å². The first-order valence-electron chi connectivity index (χ1n) is 6.80.